The molecule has 2 rings (SSSR count). The van der Waals surface area contributed by atoms with Crippen LogP contribution in [0.5, 0.6) is 0 Å². The molecule has 0 spiro atoms. The van der Waals surface area contributed by atoms with Crippen LogP contribution in [0.4, 0.5) is 0 Å². The molecule has 0 fully saturated rings. The Hall–Kier alpha value is -2.20. The van der Waals surface area contributed by atoms with Gasteiger partial charge in [0.1, 0.15) is 6.10 Å². The molecule has 0 aliphatic heterocycles. The van der Waals surface area contributed by atoms with Gasteiger partial charge in [0.2, 0.25) is 0 Å². The number of allylic oxidation sites excluding steroid dienone is 3. The number of hydrogen-bond donors (Lipinski definition) is 0. The Labute approximate surface area is 105 Å². The van der Waals surface area contributed by atoms with Crippen LogP contribution in [0.2, 0.25) is 0 Å². The highest BCUT2D eigenvalue weighted by molar-refractivity contribution is 5.25. The lowest BCUT2D eigenvalue weighted by molar-refractivity contribution is -0.419. The van der Waals surface area contributed by atoms with E-state index in [0.29, 0.717) is 6.61 Å². The van der Waals surface area contributed by atoms with Gasteiger partial charge in [0.05, 0.1) is 11.5 Å². The molecule has 0 N–H and O–H groups in total. The minimum Gasteiger partial charge on any atom is -0.365 e. The molecule has 4 heteroatoms. The summed E-state index contributed by atoms with van der Waals surface area (Å²) in [6, 6.07) is 9.71. The minimum absolute atomic E-state index is 0.0538. The van der Waals surface area contributed by atoms with Gasteiger partial charge in [0, 0.05) is 12.2 Å². The van der Waals surface area contributed by atoms with Crippen molar-refractivity contribution in [1.82, 2.24) is 0 Å². The Morgan fingerprint density at radius 3 is 2.72 bits per heavy atom. The van der Waals surface area contributed by atoms with Crippen LogP contribution in [-0.4, -0.2) is 11.0 Å². The van der Waals surface area contributed by atoms with Gasteiger partial charge in [-0.05, 0) is 5.56 Å². The average Bonchev–Trinajstić information content (AvgIpc) is 2.63. The molecule has 0 bridgehead atoms. The summed E-state index contributed by atoms with van der Waals surface area (Å²) in [4.78, 5) is 10.3. The van der Waals surface area contributed by atoms with Crippen molar-refractivity contribution in [2.75, 3.05) is 0 Å². The van der Waals surface area contributed by atoms with Gasteiger partial charge in [-0.3, -0.25) is 10.1 Å². The second-order valence-electron chi connectivity index (χ2n) is 3.85. The number of nitrogens with zero attached hydrogens (tertiary/aromatic N) is 1. The lowest BCUT2D eigenvalue weighted by Gasteiger charge is -2.09. The number of nitro groups is 1. The molecule has 1 unspecified atom stereocenters. The first-order valence-corrected chi connectivity index (χ1v) is 5.62. The number of hydrogen-bond acceptors (Lipinski definition) is 3. The molecule has 0 amide bonds. The van der Waals surface area contributed by atoms with Crippen molar-refractivity contribution in [3.05, 3.63) is 82.1 Å². The van der Waals surface area contributed by atoms with E-state index in [4.69, 9.17) is 4.74 Å². The first kappa shape index (κ1) is 12.3. The van der Waals surface area contributed by atoms with Crippen LogP contribution in [0.15, 0.2) is 66.4 Å². The third kappa shape index (κ3) is 3.40. The van der Waals surface area contributed by atoms with Crippen molar-refractivity contribution in [2.45, 2.75) is 12.7 Å². The molecule has 0 radical (unpaired) electrons. The summed E-state index contributed by atoms with van der Waals surface area (Å²) >= 11 is 0. The van der Waals surface area contributed by atoms with Crippen molar-refractivity contribution in [1.29, 1.82) is 0 Å². The lowest BCUT2D eigenvalue weighted by Crippen LogP contribution is -2.09. The van der Waals surface area contributed by atoms with Gasteiger partial charge in [0.25, 0.3) is 5.70 Å². The van der Waals surface area contributed by atoms with Crippen LogP contribution in [0.1, 0.15) is 5.56 Å². The molecule has 0 heterocycles. The van der Waals surface area contributed by atoms with Crippen LogP contribution in [0, 0.1) is 10.1 Å². The van der Waals surface area contributed by atoms with E-state index in [1.165, 1.54) is 12.2 Å². The predicted molar refractivity (Wildman–Crippen MR) is 68.4 cm³/mol. The maximum absolute atomic E-state index is 10.7. The highest BCUT2D eigenvalue weighted by Crippen LogP contribution is 2.11. The van der Waals surface area contributed by atoms with Crippen molar-refractivity contribution in [3.63, 3.8) is 0 Å². The molecule has 92 valence electrons. The Morgan fingerprint density at radius 1 is 1.22 bits per heavy atom. The van der Waals surface area contributed by atoms with E-state index in [2.05, 4.69) is 0 Å². The summed E-state index contributed by atoms with van der Waals surface area (Å²) in [6.07, 6.45) is 7.77. The molecular formula is C14H13NO3. The first-order chi connectivity index (χ1) is 8.75. The molecule has 18 heavy (non-hydrogen) atoms. The minimum atomic E-state index is -0.414. The van der Waals surface area contributed by atoms with Crippen molar-refractivity contribution >= 4 is 0 Å². The monoisotopic (exact) mass is 243 g/mol. The van der Waals surface area contributed by atoms with Crippen molar-refractivity contribution in [2.24, 2.45) is 0 Å². The summed E-state index contributed by atoms with van der Waals surface area (Å²) in [7, 11) is 0. The highest BCUT2D eigenvalue weighted by Gasteiger charge is 2.12. The smallest absolute Gasteiger partial charge is 0.268 e. The second-order valence-corrected chi connectivity index (χ2v) is 3.85. The van der Waals surface area contributed by atoms with E-state index in [1.807, 2.05) is 30.3 Å². The fraction of sp³-hybridized carbons (Fsp3) is 0.143. The van der Waals surface area contributed by atoms with E-state index in [-0.39, 0.29) is 11.8 Å². The lowest BCUT2D eigenvalue weighted by atomic mass is 10.2. The van der Waals surface area contributed by atoms with Crippen molar-refractivity contribution in [3.8, 4) is 0 Å². The molecule has 1 aliphatic rings. The predicted octanol–water partition coefficient (Wildman–Crippen LogP) is 2.86. The zero-order valence-electron chi connectivity index (χ0n) is 9.73. The summed E-state index contributed by atoms with van der Waals surface area (Å²) in [5, 5.41) is 10.7. The molecule has 0 saturated heterocycles. The van der Waals surface area contributed by atoms with Gasteiger partial charge < -0.3 is 4.74 Å². The largest absolute Gasteiger partial charge is 0.365 e. The van der Waals surface area contributed by atoms with Gasteiger partial charge in [0.15, 0.2) is 0 Å². The summed E-state index contributed by atoms with van der Waals surface area (Å²) in [5.41, 5.74) is 1.09. The van der Waals surface area contributed by atoms with Gasteiger partial charge in [-0.15, -0.1) is 0 Å². The number of benzene rings is 1. The first-order valence-electron chi connectivity index (χ1n) is 5.62. The standard InChI is InChI=1S/C14H13NO3/c16-15(17)13-8-4-5-9-14(10-13)18-11-12-6-2-1-3-7-12/h1-10,14H,11H2. The SMILES string of the molecule is O=[N+]([O-])C1=CC(OCc2ccccc2)C=CC=C1. The molecule has 1 atom stereocenters. The highest BCUT2D eigenvalue weighted by atomic mass is 16.6. The quantitative estimate of drug-likeness (QED) is 0.603. The molecule has 0 saturated carbocycles. The van der Waals surface area contributed by atoms with E-state index in [0.717, 1.165) is 5.56 Å². The average molecular weight is 243 g/mol. The fourth-order valence-corrected chi connectivity index (χ4v) is 1.60. The van der Waals surface area contributed by atoms with Crippen LogP contribution >= 0.6 is 0 Å². The van der Waals surface area contributed by atoms with Crippen LogP contribution in [-0.2, 0) is 11.3 Å². The van der Waals surface area contributed by atoms with Crippen molar-refractivity contribution < 1.29 is 9.66 Å². The van der Waals surface area contributed by atoms with Crippen LogP contribution in [0.3, 0.4) is 0 Å². The summed E-state index contributed by atoms with van der Waals surface area (Å²) in [6.45, 7) is 0.428. The number of rotatable bonds is 4. The Balaban J connectivity index is 2.01. The topological polar surface area (TPSA) is 52.4 Å². The second kappa shape index (κ2) is 5.93. The number of ether oxygens (including phenoxy) is 1. The molecule has 1 aliphatic carbocycles. The third-order valence-electron chi connectivity index (χ3n) is 2.51. The molecule has 1 aromatic rings. The third-order valence-corrected chi connectivity index (χ3v) is 2.51. The summed E-state index contributed by atoms with van der Waals surface area (Å²) < 4.78 is 5.62. The van der Waals surface area contributed by atoms with E-state index < -0.39 is 4.92 Å². The van der Waals surface area contributed by atoms with E-state index in [9.17, 15) is 10.1 Å². The molecule has 0 aromatic heterocycles. The maximum Gasteiger partial charge on any atom is 0.268 e. The van der Waals surface area contributed by atoms with Crippen LogP contribution in [0.25, 0.3) is 0 Å². The fourth-order valence-electron chi connectivity index (χ4n) is 1.60. The Morgan fingerprint density at radius 2 is 2.00 bits per heavy atom. The van der Waals surface area contributed by atoms with Crippen LogP contribution < -0.4 is 0 Å². The van der Waals surface area contributed by atoms with Gasteiger partial charge in [-0.1, -0.05) is 48.6 Å². The van der Waals surface area contributed by atoms with Gasteiger partial charge >= 0.3 is 0 Å². The molecule has 1 aromatic carbocycles. The van der Waals surface area contributed by atoms with E-state index in [1.54, 1.807) is 18.2 Å². The Kier molecular flexibility index (Phi) is 4.04. The van der Waals surface area contributed by atoms with Gasteiger partial charge in [-0.25, -0.2) is 0 Å². The normalized spacial score (nSPS) is 18.2. The Bertz CT molecular complexity index is 503. The zero-order valence-corrected chi connectivity index (χ0v) is 9.73. The molecule has 4 nitrogen and oxygen atoms in total. The molecular weight excluding hydrogens is 230 g/mol. The summed E-state index contributed by atoms with van der Waals surface area (Å²) in [5.74, 6) is 0. The maximum atomic E-state index is 10.7. The van der Waals surface area contributed by atoms with Gasteiger partial charge in [-0.2, -0.15) is 0 Å². The zero-order chi connectivity index (χ0) is 12.8. The van der Waals surface area contributed by atoms with E-state index >= 15 is 0 Å².